The third kappa shape index (κ3) is 5.19. The lowest BCUT2D eigenvalue weighted by Gasteiger charge is -2.45. The van der Waals surface area contributed by atoms with Crippen LogP contribution in [-0.4, -0.2) is 32.3 Å². The van der Waals surface area contributed by atoms with E-state index >= 15 is 0 Å². The van der Waals surface area contributed by atoms with E-state index in [1.165, 1.54) is 37.4 Å². The van der Waals surface area contributed by atoms with Crippen molar-refractivity contribution in [2.24, 2.45) is 23.2 Å². The molecule has 0 radical (unpaired) electrons. The first-order valence-electron chi connectivity index (χ1n) is 13.6. The summed E-state index contributed by atoms with van der Waals surface area (Å²) in [5.41, 5.74) is -0.105. The number of esters is 1. The minimum absolute atomic E-state index is 0.0178. The third-order valence-electron chi connectivity index (χ3n) is 9.84. The molecule has 0 saturated heterocycles. The molecule has 0 heterocycles. The molecule has 3 rings (SSSR count). The van der Waals surface area contributed by atoms with E-state index in [2.05, 4.69) is 27.7 Å². The average Bonchev–Trinajstić information content (AvgIpc) is 3.16. The minimum Gasteiger partial charge on any atom is -0.465 e. The lowest BCUT2D eigenvalue weighted by atomic mass is 9.62. The number of fused-ring (bicyclic) bond motifs is 1. The second-order valence-electron chi connectivity index (χ2n) is 11.4. The highest BCUT2D eigenvalue weighted by Crippen LogP contribution is 2.56. The van der Waals surface area contributed by atoms with Crippen molar-refractivity contribution >= 4 is 20.1 Å². The van der Waals surface area contributed by atoms with Gasteiger partial charge in [0.05, 0.1) is 18.1 Å². The number of rotatable bonds is 10. The summed E-state index contributed by atoms with van der Waals surface area (Å²) >= 11 is 0. The van der Waals surface area contributed by atoms with Crippen LogP contribution in [-0.2, 0) is 18.8 Å². The van der Waals surface area contributed by atoms with Crippen molar-refractivity contribution < 1.29 is 18.8 Å². The highest BCUT2D eigenvalue weighted by molar-refractivity contribution is 6.73. The Kier molecular flexibility index (Phi) is 8.68. The third-order valence-corrected chi connectivity index (χ3v) is 14.6. The molecule has 0 spiro atoms. The van der Waals surface area contributed by atoms with Crippen LogP contribution in [0, 0.1) is 23.2 Å². The minimum atomic E-state index is -1.71. The van der Waals surface area contributed by atoms with Crippen LogP contribution in [0.5, 0.6) is 0 Å². The maximum absolute atomic E-state index is 13.1. The van der Waals surface area contributed by atoms with Crippen molar-refractivity contribution in [3.8, 4) is 0 Å². The summed E-state index contributed by atoms with van der Waals surface area (Å²) in [5.74, 6) is 0.657. The predicted molar refractivity (Wildman–Crippen MR) is 132 cm³/mol. The first-order valence-corrected chi connectivity index (χ1v) is 16.2. The van der Waals surface area contributed by atoms with E-state index in [9.17, 15) is 9.59 Å². The van der Waals surface area contributed by atoms with Crippen LogP contribution in [0.25, 0.3) is 0 Å². The van der Waals surface area contributed by atoms with Gasteiger partial charge in [0.25, 0.3) is 0 Å². The van der Waals surface area contributed by atoms with Gasteiger partial charge in [-0.15, -0.1) is 0 Å². The number of hydrogen-bond acceptors (Lipinski definition) is 4. The van der Waals surface area contributed by atoms with Crippen LogP contribution < -0.4 is 0 Å². The Bertz CT molecular complexity index is 644. The van der Waals surface area contributed by atoms with Crippen molar-refractivity contribution in [2.45, 2.75) is 129 Å². The average molecular weight is 465 g/mol. The topological polar surface area (TPSA) is 52.6 Å². The maximum Gasteiger partial charge on any atom is 0.308 e. The van der Waals surface area contributed by atoms with Gasteiger partial charge in [0, 0.05) is 18.8 Å². The van der Waals surface area contributed by atoms with Gasteiger partial charge in [-0.2, -0.15) is 0 Å². The number of carbonyl (C=O) groups excluding carboxylic acids is 2. The molecule has 0 bridgehead atoms. The van der Waals surface area contributed by atoms with Gasteiger partial charge >= 0.3 is 5.97 Å². The van der Waals surface area contributed by atoms with Crippen LogP contribution >= 0.6 is 0 Å². The van der Waals surface area contributed by atoms with E-state index in [-0.39, 0.29) is 34.7 Å². The van der Waals surface area contributed by atoms with E-state index in [1.807, 2.05) is 6.92 Å². The summed E-state index contributed by atoms with van der Waals surface area (Å²) in [4.78, 5) is 25.6. The Labute approximate surface area is 197 Å². The van der Waals surface area contributed by atoms with Gasteiger partial charge in [-0.25, -0.2) is 0 Å². The molecular formula is C27H48O4Si. The SMILES string of the molecule is CC[Si](CC)(CC)OC1(CCOC(=O)[C@@H](C)[C@H]2CC[C@H]3C(=O)CCC[C@@]23C)CCCCC1. The molecule has 0 unspecified atom stereocenters. The molecule has 0 N–H and O–H groups in total. The molecular weight excluding hydrogens is 416 g/mol. The molecule has 0 amide bonds. The zero-order valence-electron chi connectivity index (χ0n) is 21.5. The normalized spacial score (nSPS) is 31.2. The highest BCUT2D eigenvalue weighted by Gasteiger charge is 2.53. The first-order chi connectivity index (χ1) is 15.2. The number of carbonyl (C=O) groups is 2. The molecule has 4 atom stereocenters. The van der Waals surface area contributed by atoms with Gasteiger partial charge in [0.15, 0.2) is 8.32 Å². The van der Waals surface area contributed by atoms with Gasteiger partial charge < -0.3 is 9.16 Å². The fourth-order valence-corrected chi connectivity index (χ4v) is 10.6. The number of hydrogen-bond donors (Lipinski definition) is 0. The summed E-state index contributed by atoms with van der Waals surface area (Å²) in [7, 11) is -1.71. The second kappa shape index (κ2) is 10.7. The molecule has 0 aromatic rings. The summed E-state index contributed by atoms with van der Waals surface area (Å²) in [5, 5.41) is 0. The summed E-state index contributed by atoms with van der Waals surface area (Å²) in [6.45, 7) is 11.6. The van der Waals surface area contributed by atoms with E-state index in [0.717, 1.165) is 51.4 Å². The molecule has 0 aromatic carbocycles. The maximum atomic E-state index is 13.1. The van der Waals surface area contributed by atoms with Crippen molar-refractivity contribution in [1.82, 2.24) is 0 Å². The molecule has 4 nitrogen and oxygen atoms in total. The van der Waals surface area contributed by atoms with E-state index in [0.29, 0.717) is 12.4 Å². The Morgan fingerprint density at radius 2 is 1.69 bits per heavy atom. The summed E-state index contributed by atoms with van der Waals surface area (Å²) in [6, 6.07) is 3.50. The van der Waals surface area contributed by atoms with Gasteiger partial charge in [-0.1, -0.05) is 53.9 Å². The van der Waals surface area contributed by atoms with Crippen molar-refractivity contribution in [3.05, 3.63) is 0 Å². The molecule has 184 valence electrons. The Hall–Kier alpha value is -0.683. The molecule has 3 aliphatic carbocycles. The Balaban J connectivity index is 1.60. The van der Waals surface area contributed by atoms with Crippen LogP contribution in [0.15, 0.2) is 0 Å². The Morgan fingerprint density at radius 3 is 2.31 bits per heavy atom. The van der Waals surface area contributed by atoms with Gasteiger partial charge in [0.2, 0.25) is 0 Å². The zero-order valence-corrected chi connectivity index (χ0v) is 22.5. The highest BCUT2D eigenvalue weighted by atomic mass is 28.4. The lowest BCUT2D eigenvalue weighted by Crippen LogP contribution is -2.49. The Morgan fingerprint density at radius 1 is 1.03 bits per heavy atom. The quantitative estimate of drug-likeness (QED) is 0.256. The summed E-state index contributed by atoms with van der Waals surface area (Å²) < 4.78 is 13.0. The first kappa shape index (κ1) is 25.9. The molecule has 3 saturated carbocycles. The van der Waals surface area contributed by atoms with E-state index in [1.54, 1.807) is 0 Å². The molecule has 0 aromatic heterocycles. The molecule has 32 heavy (non-hydrogen) atoms. The number of ether oxygens (including phenoxy) is 1. The molecule has 5 heteroatoms. The summed E-state index contributed by atoms with van der Waals surface area (Å²) in [6.07, 6.45) is 11.5. The van der Waals surface area contributed by atoms with Gasteiger partial charge in [-0.05, 0) is 68.0 Å². The van der Waals surface area contributed by atoms with Crippen LogP contribution in [0.4, 0.5) is 0 Å². The van der Waals surface area contributed by atoms with Crippen LogP contribution in [0.3, 0.4) is 0 Å². The smallest absolute Gasteiger partial charge is 0.308 e. The predicted octanol–water partition coefficient (Wildman–Crippen LogP) is 7.07. The van der Waals surface area contributed by atoms with E-state index < -0.39 is 8.32 Å². The van der Waals surface area contributed by atoms with Crippen LogP contribution in [0.1, 0.15) is 105 Å². The standard InChI is InChI=1S/C27H48O4Si/c1-6-32(7-2,8-3)31-27(17-10-9-11-18-27)19-20-30-25(29)21(4)22-14-15-23-24(28)13-12-16-26(22,23)5/h21-23H,6-20H2,1-5H3/t21-,22+,23-,26-/m0/s1. The second-order valence-corrected chi connectivity index (χ2v) is 16.0. The number of ketones is 1. The van der Waals surface area contributed by atoms with Crippen molar-refractivity contribution in [3.63, 3.8) is 0 Å². The molecule has 3 fully saturated rings. The molecule has 0 aliphatic heterocycles. The van der Waals surface area contributed by atoms with Crippen LogP contribution in [0.2, 0.25) is 18.1 Å². The number of Topliss-reactive ketones (excluding diaryl/α,β-unsaturated/α-hetero) is 1. The van der Waals surface area contributed by atoms with Crippen molar-refractivity contribution in [2.75, 3.05) is 6.61 Å². The largest absolute Gasteiger partial charge is 0.465 e. The van der Waals surface area contributed by atoms with Gasteiger partial charge in [-0.3, -0.25) is 9.59 Å². The van der Waals surface area contributed by atoms with Crippen molar-refractivity contribution in [1.29, 1.82) is 0 Å². The molecule has 3 aliphatic rings. The monoisotopic (exact) mass is 464 g/mol. The fraction of sp³-hybridized carbons (Fsp3) is 0.926. The fourth-order valence-electron chi connectivity index (χ4n) is 7.45. The van der Waals surface area contributed by atoms with Gasteiger partial charge in [0.1, 0.15) is 5.78 Å². The zero-order chi connectivity index (χ0) is 23.4. The lowest BCUT2D eigenvalue weighted by molar-refractivity contribution is -0.154. The van der Waals surface area contributed by atoms with E-state index in [4.69, 9.17) is 9.16 Å².